The second-order valence-electron chi connectivity index (χ2n) is 13.1. The van der Waals surface area contributed by atoms with Crippen molar-refractivity contribution in [2.24, 2.45) is 0 Å². The van der Waals surface area contributed by atoms with Crippen LogP contribution < -0.4 is 0 Å². The molecule has 0 amide bonds. The summed E-state index contributed by atoms with van der Waals surface area (Å²) in [5.74, 6) is 0.789. The van der Waals surface area contributed by atoms with E-state index in [9.17, 15) is 0 Å². The summed E-state index contributed by atoms with van der Waals surface area (Å²) in [6, 6.07) is 53.5. The van der Waals surface area contributed by atoms with Crippen molar-refractivity contribution < 1.29 is 24.5 Å². The molecule has 0 N–H and O–H groups in total. The van der Waals surface area contributed by atoms with Crippen LogP contribution in [-0.2, 0) is 25.5 Å². The third-order valence-electron chi connectivity index (χ3n) is 8.71. The molecular formula is C45H34IrN4O-2. The van der Waals surface area contributed by atoms with E-state index in [4.69, 9.17) is 14.4 Å². The van der Waals surface area contributed by atoms with Gasteiger partial charge < -0.3 is 14.0 Å². The average molecular weight is 839 g/mol. The van der Waals surface area contributed by atoms with Gasteiger partial charge in [-0.25, -0.2) is 0 Å². The molecule has 5 aromatic carbocycles. The molecule has 5 nitrogen and oxygen atoms in total. The van der Waals surface area contributed by atoms with Crippen LogP contribution in [-0.4, -0.2) is 19.5 Å². The van der Waals surface area contributed by atoms with Crippen molar-refractivity contribution in [3.8, 4) is 39.5 Å². The molecule has 0 saturated carbocycles. The van der Waals surface area contributed by atoms with Crippen molar-refractivity contribution >= 4 is 33.0 Å². The molecule has 0 saturated heterocycles. The Bertz CT molecular complexity index is 2520. The van der Waals surface area contributed by atoms with Crippen LogP contribution in [0.5, 0.6) is 0 Å². The second-order valence-corrected chi connectivity index (χ2v) is 13.1. The van der Waals surface area contributed by atoms with Gasteiger partial charge >= 0.3 is 0 Å². The Kier molecular flexibility index (Phi) is 9.46. The van der Waals surface area contributed by atoms with Gasteiger partial charge in [0, 0.05) is 49.0 Å². The first-order chi connectivity index (χ1) is 24.5. The van der Waals surface area contributed by atoms with Gasteiger partial charge in [0.1, 0.15) is 5.58 Å². The maximum Gasteiger partial charge on any atom is 0.121 e. The van der Waals surface area contributed by atoms with E-state index in [0.717, 1.165) is 78.1 Å². The molecule has 0 atom stereocenters. The van der Waals surface area contributed by atoms with E-state index in [2.05, 4.69) is 103 Å². The summed E-state index contributed by atoms with van der Waals surface area (Å²) in [4.78, 5) is 14.2. The summed E-state index contributed by atoms with van der Waals surface area (Å²) in [6.45, 7) is 6.52. The number of pyridine rings is 2. The quantitative estimate of drug-likeness (QED) is 0.166. The molecule has 251 valence electrons. The van der Waals surface area contributed by atoms with Gasteiger partial charge in [-0.15, -0.1) is 54.1 Å². The minimum Gasteiger partial charge on any atom is -0.501 e. The summed E-state index contributed by atoms with van der Waals surface area (Å²) in [5, 5.41) is 2.13. The normalized spacial score (nSPS) is 11.3. The zero-order valence-electron chi connectivity index (χ0n) is 28.5. The number of nitrogens with zero attached hydrogens (tertiary/aromatic N) is 4. The smallest absolute Gasteiger partial charge is 0.121 e. The van der Waals surface area contributed by atoms with Crippen molar-refractivity contribution in [3.63, 3.8) is 0 Å². The Morgan fingerprint density at radius 3 is 2.14 bits per heavy atom. The molecule has 4 heterocycles. The van der Waals surface area contributed by atoms with E-state index >= 15 is 0 Å². The van der Waals surface area contributed by atoms with Crippen molar-refractivity contribution in [2.75, 3.05) is 0 Å². The first kappa shape index (κ1) is 33.8. The monoisotopic (exact) mass is 839 g/mol. The topological polar surface area (TPSA) is 56.7 Å². The molecule has 0 bridgehead atoms. The van der Waals surface area contributed by atoms with Gasteiger partial charge in [0.2, 0.25) is 0 Å². The van der Waals surface area contributed by atoms with E-state index in [0.29, 0.717) is 0 Å². The maximum atomic E-state index is 6.58. The predicted molar refractivity (Wildman–Crippen MR) is 203 cm³/mol. The average Bonchev–Trinajstić information content (AvgIpc) is 3.75. The number of aromatic nitrogens is 4. The molecule has 51 heavy (non-hydrogen) atoms. The minimum absolute atomic E-state index is 0. The number of hydrogen-bond donors (Lipinski definition) is 0. The van der Waals surface area contributed by atoms with Crippen LogP contribution in [0.15, 0.2) is 156 Å². The molecule has 6 heteroatoms. The van der Waals surface area contributed by atoms with Crippen molar-refractivity contribution in [3.05, 3.63) is 170 Å². The number of hydrogen-bond acceptors (Lipinski definition) is 4. The van der Waals surface area contributed by atoms with Crippen LogP contribution in [0.3, 0.4) is 0 Å². The molecule has 0 aliphatic heterocycles. The fourth-order valence-corrected chi connectivity index (χ4v) is 6.35. The molecule has 4 aromatic heterocycles. The number of imidazole rings is 1. The first-order valence-corrected chi connectivity index (χ1v) is 16.7. The molecule has 1 radical (unpaired) electrons. The second kappa shape index (κ2) is 14.3. The van der Waals surface area contributed by atoms with Gasteiger partial charge in [0.15, 0.2) is 0 Å². The van der Waals surface area contributed by atoms with E-state index in [1.165, 1.54) is 0 Å². The van der Waals surface area contributed by atoms with Crippen molar-refractivity contribution in [2.45, 2.75) is 26.2 Å². The van der Waals surface area contributed by atoms with Gasteiger partial charge in [-0.2, -0.15) is 0 Å². The Morgan fingerprint density at radius 1 is 0.647 bits per heavy atom. The standard InChI is InChI=1S/C34H26N3O.C11H8N.Ir/c1-34(2,3)32-30-28(19-20-35-32)37(24-13-8-5-9-14-24)33(36-30)27-16-10-15-26-25-18-17-23(21-29(25)38-31(26)27)22-11-6-4-7-12-22;1-2-6-10(7-3-1)11-8-4-5-9-12-11;/h4-15,17-21H,1-3H3;1-6,8-9H;/q2*-1;. The van der Waals surface area contributed by atoms with Gasteiger partial charge in [-0.3, -0.25) is 9.97 Å². The van der Waals surface area contributed by atoms with Crippen molar-refractivity contribution in [1.82, 2.24) is 19.5 Å². The van der Waals surface area contributed by atoms with Crippen LogP contribution in [0, 0.1) is 12.1 Å². The zero-order chi connectivity index (χ0) is 34.1. The molecule has 0 spiro atoms. The number of para-hydroxylation sites is 1. The first-order valence-electron chi connectivity index (χ1n) is 16.7. The number of furan rings is 1. The molecule has 0 aliphatic carbocycles. The number of fused-ring (bicyclic) bond motifs is 4. The maximum absolute atomic E-state index is 6.58. The van der Waals surface area contributed by atoms with Crippen LogP contribution in [0.1, 0.15) is 26.5 Å². The fourth-order valence-electron chi connectivity index (χ4n) is 6.35. The molecule has 0 unspecified atom stereocenters. The Morgan fingerprint density at radius 2 is 1.41 bits per heavy atom. The molecule has 9 aromatic rings. The SMILES string of the molecule is CC(C)(C)c1nccc2c1nc(-c1[c-]ccc3c1oc1cc(-c4ccccc4)ccc13)n2-c1ccccc1.[Ir].[c-]1ccccc1-c1ccccn1. The molecule has 0 fully saturated rings. The summed E-state index contributed by atoms with van der Waals surface area (Å²) in [6.07, 6.45) is 3.67. The Labute approximate surface area is 311 Å². The van der Waals surface area contributed by atoms with Gasteiger partial charge in [0.05, 0.1) is 28.1 Å². The third kappa shape index (κ3) is 6.64. The molecule has 9 rings (SSSR count). The summed E-state index contributed by atoms with van der Waals surface area (Å²) >= 11 is 0. The van der Waals surface area contributed by atoms with Crippen LogP contribution >= 0.6 is 0 Å². The van der Waals surface area contributed by atoms with Gasteiger partial charge in [0.25, 0.3) is 0 Å². The molecular weight excluding hydrogens is 805 g/mol. The summed E-state index contributed by atoms with van der Waals surface area (Å²) in [5.41, 5.74) is 10.5. The van der Waals surface area contributed by atoms with Gasteiger partial charge in [-0.1, -0.05) is 105 Å². The Hall–Kier alpha value is -5.68. The number of rotatable bonds is 4. The predicted octanol–water partition coefficient (Wildman–Crippen LogP) is 11.3. The minimum atomic E-state index is -0.157. The Balaban J connectivity index is 0.000000265. The van der Waals surface area contributed by atoms with E-state index in [-0.39, 0.29) is 25.5 Å². The summed E-state index contributed by atoms with van der Waals surface area (Å²) < 4.78 is 8.78. The van der Waals surface area contributed by atoms with Crippen LogP contribution in [0.4, 0.5) is 0 Å². The molecule has 0 aliphatic rings. The fraction of sp³-hybridized carbons (Fsp3) is 0.0889. The van der Waals surface area contributed by atoms with E-state index < -0.39 is 0 Å². The third-order valence-corrected chi connectivity index (χ3v) is 8.71. The largest absolute Gasteiger partial charge is 0.501 e. The van der Waals surface area contributed by atoms with Crippen LogP contribution in [0.2, 0.25) is 0 Å². The summed E-state index contributed by atoms with van der Waals surface area (Å²) in [7, 11) is 0. The van der Waals surface area contributed by atoms with E-state index in [1.807, 2.05) is 85.1 Å². The van der Waals surface area contributed by atoms with Gasteiger partial charge in [-0.05, 0) is 47.2 Å². The van der Waals surface area contributed by atoms with Crippen molar-refractivity contribution in [1.29, 1.82) is 0 Å². The number of benzene rings is 5. The zero-order valence-corrected chi connectivity index (χ0v) is 30.9. The van der Waals surface area contributed by atoms with E-state index in [1.54, 1.807) is 6.20 Å². The van der Waals surface area contributed by atoms with Crippen LogP contribution in [0.25, 0.3) is 72.4 Å².